The molecule has 1 amide bonds. The molecule has 1 aromatic carbocycles. The maximum atomic E-state index is 13.2. The van der Waals surface area contributed by atoms with E-state index in [2.05, 4.69) is 0 Å². The van der Waals surface area contributed by atoms with E-state index in [4.69, 9.17) is 4.74 Å². The van der Waals surface area contributed by atoms with Gasteiger partial charge in [-0.25, -0.2) is 9.18 Å². The summed E-state index contributed by atoms with van der Waals surface area (Å²) in [4.78, 5) is 27.6. The highest BCUT2D eigenvalue weighted by Gasteiger charge is 2.38. The number of thiophene rings is 1. The number of ether oxygens (including phenoxy) is 1. The van der Waals surface area contributed by atoms with Gasteiger partial charge in [-0.3, -0.25) is 9.69 Å². The molecule has 0 saturated carbocycles. The lowest BCUT2D eigenvalue weighted by molar-refractivity contribution is -0.136. The van der Waals surface area contributed by atoms with Crippen LogP contribution in [0, 0.1) is 12.7 Å². The van der Waals surface area contributed by atoms with Gasteiger partial charge in [-0.15, -0.1) is 11.3 Å². The Morgan fingerprint density at radius 1 is 1.20 bits per heavy atom. The van der Waals surface area contributed by atoms with Crippen LogP contribution in [-0.4, -0.2) is 19.0 Å². The maximum Gasteiger partial charge on any atom is 0.340 e. The van der Waals surface area contributed by atoms with Gasteiger partial charge in [-0.05, 0) is 61.2 Å². The standard InChI is InChI=1S/C19H16FNO3S/c1-11-8-9-25-16(11)10-15-17(19(23)24-3)12(2)21(18(15)22)14-6-4-13(20)5-7-14/h4-10H,1-3H3/b15-10+. The van der Waals surface area contributed by atoms with Crippen LogP contribution in [0.2, 0.25) is 0 Å². The molecule has 0 atom stereocenters. The van der Waals surface area contributed by atoms with Crippen molar-refractivity contribution in [1.82, 2.24) is 0 Å². The molecule has 0 saturated heterocycles. The predicted molar refractivity (Wildman–Crippen MR) is 95.6 cm³/mol. The number of carbonyl (C=O) groups is 2. The summed E-state index contributed by atoms with van der Waals surface area (Å²) in [6.07, 6.45) is 1.71. The molecule has 0 unspecified atom stereocenters. The third-order valence-corrected chi connectivity index (χ3v) is 5.02. The Bertz CT molecular complexity index is 909. The minimum atomic E-state index is -0.573. The van der Waals surface area contributed by atoms with Crippen LogP contribution in [0.1, 0.15) is 17.4 Å². The second-order valence-electron chi connectivity index (χ2n) is 5.59. The Morgan fingerprint density at radius 3 is 2.44 bits per heavy atom. The zero-order chi connectivity index (χ0) is 18.1. The molecule has 0 N–H and O–H groups in total. The van der Waals surface area contributed by atoms with Crippen molar-refractivity contribution in [2.75, 3.05) is 12.0 Å². The number of hydrogen-bond acceptors (Lipinski definition) is 4. The van der Waals surface area contributed by atoms with Crippen molar-refractivity contribution in [2.45, 2.75) is 13.8 Å². The average molecular weight is 357 g/mol. The first-order valence-electron chi connectivity index (χ1n) is 7.59. The fourth-order valence-corrected chi connectivity index (χ4v) is 3.60. The summed E-state index contributed by atoms with van der Waals surface area (Å²) in [6.45, 7) is 3.62. The van der Waals surface area contributed by atoms with Crippen molar-refractivity contribution in [3.63, 3.8) is 0 Å². The van der Waals surface area contributed by atoms with Gasteiger partial charge in [0.1, 0.15) is 5.82 Å². The molecule has 4 nitrogen and oxygen atoms in total. The molecule has 2 heterocycles. The quantitative estimate of drug-likeness (QED) is 0.614. The lowest BCUT2D eigenvalue weighted by atomic mass is 10.1. The highest BCUT2D eigenvalue weighted by Crippen LogP contribution is 2.36. The Morgan fingerprint density at radius 2 is 1.88 bits per heavy atom. The maximum absolute atomic E-state index is 13.2. The van der Waals surface area contributed by atoms with Crippen LogP contribution < -0.4 is 4.90 Å². The molecule has 0 bridgehead atoms. The number of halogens is 1. The van der Waals surface area contributed by atoms with Gasteiger partial charge in [0.15, 0.2) is 0 Å². The van der Waals surface area contributed by atoms with Gasteiger partial charge in [0, 0.05) is 16.3 Å². The van der Waals surface area contributed by atoms with Crippen molar-refractivity contribution in [1.29, 1.82) is 0 Å². The number of benzene rings is 1. The summed E-state index contributed by atoms with van der Waals surface area (Å²) < 4.78 is 18.1. The van der Waals surface area contributed by atoms with Gasteiger partial charge >= 0.3 is 5.97 Å². The number of esters is 1. The van der Waals surface area contributed by atoms with E-state index in [9.17, 15) is 14.0 Å². The summed E-state index contributed by atoms with van der Waals surface area (Å²) >= 11 is 1.49. The van der Waals surface area contributed by atoms with Crippen molar-refractivity contribution >= 4 is 35.0 Å². The summed E-state index contributed by atoms with van der Waals surface area (Å²) in [5.41, 5.74) is 2.48. The van der Waals surface area contributed by atoms with E-state index in [0.717, 1.165) is 10.4 Å². The third kappa shape index (κ3) is 3.00. The van der Waals surface area contributed by atoms with Gasteiger partial charge in [-0.1, -0.05) is 0 Å². The average Bonchev–Trinajstić information content (AvgIpc) is 3.10. The number of anilines is 1. The number of nitrogens with zero attached hydrogens (tertiary/aromatic N) is 1. The van der Waals surface area contributed by atoms with E-state index in [1.54, 1.807) is 13.0 Å². The molecule has 6 heteroatoms. The van der Waals surface area contributed by atoms with Gasteiger partial charge in [0.25, 0.3) is 5.91 Å². The molecule has 0 aliphatic carbocycles. The second-order valence-corrected chi connectivity index (χ2v) is 6.54. The van der Waals surface area contributed by atoms with Crippen molar-refractivity contribution in [3.8, 4) is 0 Å². The van der Waals surface area contributed by atoms with Crippen LogP contribution >= 0.6 is 11.3 Å². The minimum Gasteiger partial charge on any atom is -0.465 e. The summed E-state index contributed by atoms with van der Waals surface area (Å²) in [6, 6.07) is 7.51. The molecule has 0 fully saturated rings. The molecule has 2 aromatic rings. The van der Waals surface area contributed by atoms with Gasteiger partial charge < -0.3 is 4.74 Å². The topological polar surface area (TPSA) is 46.6 Å². The number of amides is 1. The number of rotatable bonds is 3. The molecule has 0 radical (unpaired) electrons. The Kier molecular flexibility index (Phi) is 4.55. The second kappa shape index (κ2) is 6.64. The number of allylic oxidation sites excluding steroid dienone is 1. The fraction of sp³-hybridized carbons (Fsp3) is 0.158. The number of aryl methyl sites for hydroxylation is 1. The molecule has 1 aliphatic rings. The molecule has 1 aliphatic heterocycles. The summed E-state index contributed by atoms with van der Waals surface area (Å²) in [5, 5.41) is 1.92. The summed E-state index contributed by atoms with van der Waals surface area (Å²) in [7, 11) is 1.28. The van der Waals surface area contributed by atoms with Gasteiger partial charge in [0.2, 0.25) is 0 Å². The van der Waals surface area contributed by atoms with E-state index >= 15 is 0 Å². The molecular formula is C19H16FNO3S. The highest BCUT2D eigenvalue weighted by molar-refractivity contribution is 7.11. The van der Waals surface area contributed by atoms with Crippen molar-refractivity contribution < 1.29 is 18.7 Å². The van der Waals surface area contributed by atoms with Crippen LogP contribution in [0.15, 0.2) is 52.6 Å². The van der Waals surface area contributed by atoms with Crippen LogP contribution in [0.25, 0.3) is 6.08 Å². The first kappa shape index (κ1) is 17.1. The van der Waals surface area contributed by atoms with Gasteiger partial charge in [-0.2, -0.15) is 0 Å². The van der Waals surface area contributed by atoms with Gasteiger partial charge in [0.05, 0.1) is 18.3 Å². The van der Waals surface area contributed by atoms with E-state index in [1.165, 1.54) is 47.6 Å². The van der Waals surface area contributed by atoms with E-state index in [0.29, 0.717) is 11.4 Å². The highest BCUT2D eigenvalue weighted by atomic mass is 32.1. The normalized spacial score (nSPS) is 16.1. The first-order chi connectivity index (χ1) is 11.9. The third-order valence-electron chi connectivity index (χ3n) is 4.05. The van der Waals surface area contributed by atoms with E-state index < -0.39 is 11.8 Å². The fourth-order valence-electron chi connectivity index (χ4n) is 2.74. The molecule has 128 valence electrons. The molecule has 3 rings (SSSR count). The van der Waals surface area contributed by atoms with Crippen LogP contribution in [0.3, 0.4) is 0 Å². The van der Waals surface area contributed by atoms with Crippen LogP contribution in [0.4, 0.5) is 10.1 Å². The zero-order valence-electron chi connectivity index (χ0n) is 14.0. The lowest BCUT2D eigenvalue weighted by Gasteiger charge is -2.17. The monoisotopic (exact) mass is 357 g/mol. The molecular weight excluding hydrogens is 341 g/mol. The van der Waals surface area contributed by atoms with Crippen LogP contribution in [0.5, 0.6) is 0 Å². The SMILES string of the molecule is COC(=O)C1=C(C)N(c2ccc(F)cc2)C(=O)/C1=C/c1sccc1C. The summed E-state index contributed by atoms with van der Waals surface area (Å²) in [5.74, 6) is -1.30. The first-order valence-corrected chi connectivity index (χ1v) is 8.47. The van der Waals surface area contributed by atoms with E-state index in [-0.39, 0.29) is 17.1 Å². The minimum absolute atomic E-state index is 0.227. The van der Waals surface area contributed by atoms with Crippen molar-refractivity contribution in [2.24, 2.45) is 0 Å². The molecule has 1 aromatic heterocycles. The number of carbonyl (C=O) groups excluding carboxylic acids is 2. The molecule has 0 spiro atoms. The largest absolute Gasteiger partial charge is 0.465 e. The Balaban J connectivity index is 2.14. The number of methoxy groups -OCH3 is 1. The molecule has 25 heavy (non-hydrogen) atoms. The van der Waals surface area contributed by atoms with Crippen molar-refractivity contribution in [3.05, 3.63) is 68.8 Å². The number of hydrogen-bond donors (Lipinski definition) is 0. The Hall–Kier alpha value is -2.73. The van der Waals surface area contributed by atoms with Crippen LogP contribution in [-0.2, 0) is 14.3 Å². The smallest absolute Gasteiger partial charge is 0.340 e. The Labute approximate surface area is 148 Å². The van der Waals surface area contributed by atoms with E-state index in [1.807, 2.05) is 18.4 Å². The predicted octanol–water partition coefficient (Wildman–Crippen LogP) is 4.07. The zero-order valence-corrected chi connectivity index (χ0v) is 14.8. The lowest BCUT2D eigenvalue weighted by Crippen LogP contribution is -2.24.